The molecule has 0 unspecified atom stereocenters. The molecule has 1 saturated heterocycles. The fourth-order valence-corrected chi connectivity index (χ4v) is 1.94. The van der Waals surface area contributed by atoms with Crippen molar-refractivity contribution in [1.82, 2.24) is 4.90 Å². The molecule has 5 nitrogen and oxygen atoms in total. The number of carboxylic acid groups (broad SMARTS) is 1. The molecule has 2 amide bonds. The largest absolute Gasteiger partial charge is 0.481 e. The second-order valence-electron chi connectivity index (χ2n) is 3.97. The fraction of sp³-hybridized carbons (Fsp3) is 0.273. The van der Waals surface area contributed by atoms with Crippen molar-refractivity contribution in [2.24, 2.45) is 5.92 Å². The van der Waals surface area contributed by atoms with Crippen molar-refractivity contribution in [2.75, 3.05) is 18.4 Å². The second kappa shape index (κ2) is 5.04. The predicted octanol–water partition coefficient (Wildman–Crippen LogP) is 2.54. The fourth-order valence-electron chi connectivity index (χ4n) is 1.60. The Kier molecular flexibility index (Phi) is 3.63. The van der Waals surface area contributed by atoms with Gasteiger partial charge in [0.25, 0.3) is 0 Å². The second-order valence-corrected chi connectivity index (χ2v) is 4.76. The normalized spacial score (nSPS) is 15.1. The number of benzene rings is 1. The molecule has 96 valence electrons. The number of carbonyl (C=O) groups is 2. The van der Waals surface area contributed by atoms with Crippen LogP contribution in [0.3, 0.4) is 0 Å². The Morgan fingerprint density at radius 2 is 2.00 bits per heavy atom. The van der Waals surface area contributed by atoms with E-state index >= 15 is 0 Å². The van der Waals surface area contributed by atoms with Crippen LogP contribution in [0.4, 0.5) is 10.5 Å². The highest BCUT2D eigenvalue weighted by Gasteiger charge is 2.35. The molecule has 0 aromatic heterocycles. The van der Waals surface area contributed by atoms with Gasteiger partial charge in [-0.25, -0.2) is 4.79 Å². The standard InChI is InChI=1S/C11H10Cl2N2O3/c12-7-2-1-3-8(9(7)13)14-11(18)15-4-6(5-15)10(16)17/h1-3,6H,4-5H2,(H,14,18)(H,16,17). The maximum atomic E-state index is 11.7. The van der Waals surface area contributed by atoms with Crippen molar-refractivity contribution < 1.29 is 14.7 Å². The van der Waals surface area contributed by atoms with Gasteiger partial charge in [0.05, 0.1) is 21.7 Å². The maximum Gasteiger partial charge on any atom is 0.321 e. The first-order valence-corrected chi connectivity index (χ1v) is 5.97. The van der Waals surface area contributed by atoms with E-state index in [0.717, 1.165) is 0 Å². The van der Waals surface area contributed by atoms with Gasteiger partial charge in [-0.1, -0.05) is 29.3 Å². The first kappa shape index (κ1) is 13.0. The van der Waals surface area contributed by atoms with Crippen LogP contribution in [-0.2, 0) is 4.79 Å². The van der Waals surface area contributed by atoms with Crippen LogP contribution < -0.4 is 5.32 Å². The molecule has 1 aromatic rings. The smallest absolute Gasteiger partial charge is 0.321 e. The van der Waals surface area contributed by atoms with E-state index in [1.165, 1.54) is 4.90 Å². The molecule has 2 rings (SSSR count). The topological polar surface area (TPSA) is 69.6 Å². The summed E-state index contributed by atoms with van der Waals surface area (Å²) < 4.78 is 0. The van der Waals surface area contributed by atoms with Crippen molar-refractivity contribution in [1.29, 1.82) is 0 Å². The number of nitrogens with one attached hydrogen (secondary N) is 1. The number of nitrogens with zero attached hydrogens (tertiary/aromatic N) is 1. The molecule has 0 bridgehead atoms. The Hall–Kier alpha value is -1.46. The number of carboxylic acids is 1. The Labute approximate surface area is 113 Å². The highest BCUT2D eigenvalue weighted by atomic mass is 35.5. The third-order valence-corrected chi connectivity index (χ3v) is 3.53. The highest BCUT2D eigenvalue weighted by Crippen LogP contribution is 2.30. The van der Waals surface area contributed by atoms with Crippen LogP contribution in [-0.4, -0.2) is 35.1 Å². The van der Waals surface area contributed by atoms with E-state index in [2.05, 4.69) is 5.32 Å². The number of rotatable bonds is 2. The molecule has 1 aliphatic rings. The molecule has 0 saturated carbocycles. The summed E-state index contributed by atoms with van der Waals surface area (Å²) in [4.78, 5) is 23.8. The Balaban J connectivity index is 1.97. The third-order valence-electron chi connectivity index (χ3n) is 2.71. The van der Waals surface area contributed by atoms with Crippen molar-refractivity contribution in [2.45, 2.75) is 0 Å². The lowest BCUT2D eigenvalue weighted by Gasteiger charge is -2.36. The van der Waals surface area contributed by atoms with Gasteiger partial charge in [0, 0.05) is 13.1 Å². The lowest BCUT2D eigenvalue weighted by molar-refractivity contribution is -0.145. The number of urea groups is 1. The molecular formula is C11H10Cl2N2O3. The summed E-state index contributed by atoms with van der Waals surface area (Å²) in [7, 11) is 0. The lowest BCUT2D eigenvalue weighted by Crippen LogP contribution is -2.54. The monoisotopic (exact) mass is 288 g/mol. The average Bonchev–Trinajstić information content (AvgIpc) is 2.22. The summed E-state index contributed by atoms with van der Waals surface area (Å²) in [5, 5.41) is 11.9. The molecular weight excluding hydrogens is 279 g/mol. The number of hydrogen-bond acceptors (Lipinski definition) is 2. The van der Waals surface area contributed by atoms with Crippen LogP contribution in [0.15, 0.2) is 18.2 Å². The number of likely N-dealkylation sites (tertiary alicyclic amines) is 1. The SMILES string of the molecule is O=C(O)C1CN(C(=O)Nc2cccc(Cl)c2Cl)C1. The van der Waals surface area contributed by atoms with Crippen LogP contribution in [0.1, 0.15) is 0 Å². The van der Waals surface area contributed by atoms with Crippen LogP contribution in [0.25, 0.3) is 0 Å². The van der Waals surface area contributed by atoms with Crippen molar-refractivity contribution in [3.8, 4) is 0 Å². The summed E-state index contributed by atoms with van der Waals surface area (Å²) in [6.07, 6.45) is 0. The average molecular weight is 289 g/mol. The third kappa shape index (κ3) is 2.52. The van der Waals surface area contributed by atoms with Gasteiger partial charge >= 0.3 is 12.0 Å². The summed E-state index contributed by atoms with van der Waals surface area (Å²) in [6.45, 7) is 0.415. The quantitative estimate of drug-likeness (QED) is 0.879. The van der Waals surface area contributed by atoms with Gasteiger partial charge < -0.3 is 15.3 Å². The van der Waals surface area contributed by atoms with Crippen molar-refractivity contribution in [3.05, 3.63) is 28.2 Å². The molecule has 2 N–H and O–H groups in total. The van der Waals surface area contributed by atoms with Crippen molar-refractivity contribution in [3.63, 3.8) is 0 Å². The molecule has 0 spiro atoms. The highest BCUT2D eigenvalue weighted by molar-refractivity contribution is 6.43. The van der Waals surface area contributed by atoms with Gasteiger partial charge in [0.1, 0.15) is 0 Å². The molecule has 1 aromatic carbocycles. The molecule has 1 heterocycles. The maximum absolute atomic E-state index is 11.7. The Morgan fingerprint density at radius 1 is 1.33 bits per heavy atom. The minimum absolute atomic E-state index is 0.208. The Morgan fingerprint density at radius 3 is 2.61 bits per heavy atom. The first-order chi connectivity index (χ1) is 8.49. The van der Waals surface area contributed by atoms with Gasteiger partial charge in [0.2, 0.25) is 0 Å². The number of anilines is 1. The number of aliphatic carboxylic acids is 1. The molecule has 7 heteroatoms. The van der Waals surface area contributed by atoms with E-state index in [1.807, 2.05) is 0 Å². The van der Waals surface area contributed by atoms with E-state index < -0.39 is 11.9 Å². The minimum Gasteiger partial charge on any atom is -0.481 e. The van der Waals surface area contributed by atoms with Gasteiger partial charge in [-0.05, 0) is 12.1 Å². The molecule has 0 aliphatic carbocycles. The lowest BCUT2D eigenvalue weighted by atomic mass is 10.0. The first-order valence-electron chi connectivity index (χ1n) is 5.22. The van der Waals surface area contributed by atoms with E-state index in [-0.39, 0.29) is 24.1 Å². The summed E-state index contributed by atoms with van der Waals surface area (Å²) in [5.74, 6) is -1.37. The van der Waals surface area contributed by atoms with Crippen LogP contribution >= 0.6 is 23.2 Å². The molecule has 1 fully saturated rings. The van der Waals surface area contributed by atoms with Gasteiger partial charge in [-0.15, -0.1) is 0 Å². The predicted molar refractivity (Wildman–Crippen MR) is 68.2 cm³/mol. The summed E-state index contributed by atoms with van der Waals surface area (Å²) in [5.41, 5.74) is 0.410. The number of carbonyl (C=O) groups excluding carboxylic acids is 1. The number of amides is 2. The van der Waals surface area contributed by atoms with Gasteiger partial charge in [-0.3, -0.25) is 4.79 Å². The summed E-state index contributed by atoms with van der Waals surface area (Å²) in [6, 6.07) is 4.53. The van der Waals surface area contributed by atoms with Crippen LogP contribution in [0.5, 0.6) is 0 Å². The Bertz CT molecular complexity index is 501. The molecule has 1 aliphatic heterocycles. The minimum atomic E-state index is -0.889. The van der Waals surface area contributed by atoms with E-state index in [9.17, 15) is 9.59 Å². The zero-order valence-corrected chi connectivity index (χ0v) is 10.7. The number of hydrogen-bond donors (Lipinski definition) is 2. The van der Waals surface area contributed by atoms with E-state index in [1.54, 1.807) is 18.2 Å². The van der Waals surface area contributed by atoms with Crippen molar-refractivity contribution >= 4 is 40.9 Å². The van der Waals surface area contributed by atoms with E-state index in [4.69, 9.17) is 28.3 Å². The molecule has 18 heavy (non-hydrogen) atoms. The summed E-state index contributed by atoms with van der Waals surface area (Å²) >= 11 is 11.7. The van der Waals surface area contributed by atoms with Crippen LogP contribution in [0.2, 0.25) is 10.0 Å². The molecule has 0 atom stereocenters. The number of halogens is 2. The van der Waals surface area contributed by atoms with Gasteiger partial charge in [0.15, 0.2) is 0 Å². The zero-order valence-electron chi connectivity index (χ0n) is 9.19. The zero-order chi connectivity index (χ0) is 13.3. The van der Waals surface area contributed by atoms with E-state index in [0.29, 0.717) is 10.7 Å². The van der Waals surface area contributed by atoms with Crippen LogP contribution in [0, 0.1) is 5.92 Å². The molecule has 0 radical (unpaired) electrons. The van der Waals surface area contributed by atoms with Gasteiger partial charge in [-0.2, -0.15) is 0 Å².